The van der Waals surface area contributed by atoms with Crippen molar-refractivity contribution in [3.63, 3.8) is 0 Å². The second-order valence-corrected chi connectivity index (χ2v) is 10.1. The summed E-state index contributed by atoms with van der Waals surface area (Å²) in [5.41, 5.74) is 1.86. The van der Waals surface area contributed by atoms with Crippen LogP contribution in [0.2, 0.25) is 0 Å². The first-order valence-corrected chi connectivity index (χ1v) is 14.1. The van der Waals surface area contributed by atoms with E-state index in [1.165, 1.54) is 29.7 Å². The van der Waals surface area contributed by atoms with Gasteiger partial charge in [-0.25, -0.2) is 9.37 Å². The minimum Gasteiger partial charge on any atom is -0.374 e. The van der Waals surface area contributed by atoms with E-state index in [0.717, 1.165) is 11.1 Å². The normalized spacial score (nSPS) is 23.6. The maximum absolute atomic E-state index is 16.0. The van der Waals surface area contributed by atoms with Crippen molar-refractivity contribution < 1.29 is 23.7 Å². The number of imidazole rings is 1. The van der Waals surface area contributed by atoms with Crippen molar-refractivity contribution in [1.82, 2.24) is 19.4 Å². The Labute approximate surface area is 222 Å². The van der Waals surface area contributed by atoms with Crippen molar-refractivity contribution in [2.75, 3.05) is 19.1 Å². The van der Waals surface area contributed by atoms with E-state index in [9.17, 15) is 5.11 Å². The third kappa shape index (κ3) is 5.52. The van der Waals surface area contributed by atoms with Crippen LogP contribution in [0.5, 0.6) is 0 Å². The van der Waals surface area contributed by atoms with Crippen LogP contribution in [0.1, 0.15) is 16.8 Å². The lowest BCUT2D eigenvalue weighted by atomic mass is 10.0. The highest BCUT2D eigenvalue weighted by atomic mass is 32.2. The Morgan fingerprint density at radius 1 is 0.973 bits per heavy atom. The number of hydrogen-bond acceptors (Lipinski definition) is 9. The van der Waals surface area contributed by atoms with Gasteiger partial charge in [0.15, 0.2) is 16.5 Å². The molecule has 194 valence electrons. The van der Waals surface area contributed by atoms with Crippen molar-refractivity contribution in [2.24, 2.45) is 0 Å². The Bertz CT molecular complexity index is 1330. The van der Waals surface area contributed by atoms with E-state index >= 15 is 4.39 Å². The molecule has 2 aromatic heterocycles. The number of halogens is 1. The number of ether oxygens (including phenoxy) is 3. The predicted molar refractivity (Wildman–Crippen MR) is 139 cm³/mol. The molecule has 11 heteroatoms. The smallest absolute Gasteiger partial charge is 0.247 e. The maximum atomic E-state index is 16.0. The minimum absolute atomic E-state index is 0.00160. The van der Waals surface area contributed by atoms with Gasteiger partial charge in [-0.15, -0.1) is 0 Å². The molecule has 0 saturated carbocycles. The van der Waals surface area contributed by atoms with E-state index < -0.39 is 24.2 Å². The summed E-state index contributed by atoms with van der Waals surface area (Å²) in [6.07, 6.45) is 1.37. The minimum atomic E-state index is -2.34. The quantitative estimate of drug-likeness (QED) is 0.295. The summed E-state index contributed by atoms with van der Waals surface area (Å²) in [5.74, 6) is -2.04. The van der Waals surface area contributed by atoms with Crippen molar-refractivity contribution in [2.45, 2.75) is 47.7 Å². The highest BCUT2D eigenvalue weighted by Crippen LogP contribution is 2.41. The van der Waals surface area contributed by atoms with Gasteiger partial charge in [0, 0.05) is 6.20 Å². The first kappa shape index (κ1) is 26.1. The molecule has 8 nitrogen and oxygen atoms in total. The molecule has 0 spiro atoms. The van der Waals surface area contributed by atoms with Crippen LogP contribution in [0.15, 0.2) is 77.2 Å². The summed E-state index contributed by atoms with van der Waals surface area (Å²) in [5, 5.41) is 12.7. The van der Waals surface area contributed by atoms with E-state index in [4.69, 9.17) is 14.2 Å². The average molecular weight is 543 g/mol. The van der Waals surface area contributed by atoms with Crippen molar-refractivity contribution in [3.05, 3.63) is 83.7 Å². The van der Waals surface area contributed by atoms with Gasteiger partial charge in [0.2, 0.25) is 11.6 Å². The molecule has 2 aromatic carbocycles. The zero-order valence-corrected chi connectivity index (χ0v) is 22.0. The Kier molecular flexibility index (Phi) is 8.08. The second-order valence-electron chi connectivity index (χ2n) is 8.51. The van der Waals surface area contributed by atoms with Gasteiger partial charge >= 0.3 is 0 Å². The zero-order chi connectivity index (χ0) is 25.8. The van der Waals surface area contributed by atoms with Gasteiger partial charge in [0.25, 0.3) is 0 Å². The van der Waals surface area contributed by atoms with Gasteiger partial charge in [0.05, 0.1) is 19.8 Å². The molecular formula is C26H27FN4O4S2. The van der Waals surface area contributed by atoms with Crippen LogP contribution in [-0.2, 0) is 33.2 Å². The molecule has 0 unspecified atom stereocenters. The van der Waals surface area contributed by atoms with Gasteiger partial charge in [-0.1, -0.05) is 84.2 Å². The first-order chi connectivity index (χ1) is 18.0. The van der Waals surface area contributed by atoms with E-state index in [1.807, 2.05) is 73.2 Å². The third-order valence-electron chi connectivity index (χ3n) is 6.05. The lowest BCUT2D eigenvalue weighted by Crippen LogP contribution is -2.39. The maximum Gasteiger partial charge on any atom is 0.247 e. The van der Waals surface area contributed by atoms with Gasteiger partial charge < -0.3 is 19.3 Å². The Hall–Kier alpha value is -2.54. The summed E-state index contributed by atoms with van der Waals surface area (Å²) in [7, 11) is 0. The molecule has 0 radical (unpaired) electrons. The number of benzene rings is 2. The largest absolute Gasteiger partial charge is 0.374 e. The summed E-state index contributed by atoms with van der Waals surface area (Å²) in [4.78, 5) is 13.3. The Morgan fingerprint density at radius 2 is 1.65 bits per heavy atom. The van der Waals surface area contributed by atoms with Crippen LogP contribution >= 0.6 is 23.5 Å². The fourth-order valence-electron chi connectivity index (χ4n) is 4.17. The molecule has 0 bridgehead atoms. The molecule has 0 amide bonds. The number of aliphatic hydroxyl groups is 1. The summed E-state index contributed by atoms with van der Waals surface area (Å²) in [6.45, 7) is 0.502. The highest BCUT2D eigenvalue weighted by Gasteiger charge is 2.58. The average Bonchev–Trinajstić information content (AvgIpc) is 3.48. The molecule has 0 aliphatic carbocycles. The number of nitrogens with zero attached hydrogens (tertiary/aromatic N) is 4. The standard InChI is InChI=1S/C26H27FN4O4S2/c1-36-24-29-23-28-20(13-31(23)25(30-24)37-2)26(32)22(27)21(34-15-18-11-7-4-8-12-18)19(35-26)16-33-14-17-9-5-3-6-10-17/h3-13,19,21-22,32H,14-16H2,1-2H3/t19-,21-,22-,26+/m1/s1. The third-order valence-corrected chi connectivity index (χ3v) is 7.25. The second kappa shape index (κ2) is 11.5. The molecule has 5 rings (SSSR count). The predicted octanol–water partition coefficient (Wildman–Crippen LogP) is 4.25. The molecular weight excluding hydrogens is 515 g/mol. The fourth-order valence-corrected chi connectivity index (χ4v) is 5.09. The number of thioether (sulfide) groups is 2. The molecule has 1 aliphatic rings. The number of hydrogen-bond donors (Lipinski definition) is 1. The van der Waals surface area contributed by atoms with E-state index in [2.05, 4.69) is 15.0 Å². The molecule has 4 atom stereocenters. The Balaban J connectivity index is 1.41. The number of aromatic nitrogens is 4. The zero-order valence-electron chi connectivity index (χ0n) is 20.4. The molecule has 4 aromatic rings. The lowest BCUT2D eigenvalue weighted by Gasteiger charge is -2.22. The van der Waals surface area contributed by atoms with Crippen molar-refractivity contribution in [3.8, 4) is 0 Å². The van der Waals surface area contributed by atoms with E-state index in [-0.39, 0.29) is 18.9 Å². The number of alkyl halides is 1. The molecule has 37 heavy (non-hydrogen) atoms. The fraction of sp³-hybridized carbons (Fsp3) is 0.346. The van der Waals surface area contributed by atoms with E-state index in [1.54, 1.807) is 4.40 Å². The van der Waals surface area contributed by atoms with Crippen LogP contribution in [0.3, 0.4) is 0 Å². The molecule has 1 saturated heterocycles. The SMILES string of the molecule is CSc1nc(SC)n2cc([C@]3(O)O[C@H](COCc4ccccc4)[C@@H](OCc4ccccc4)[C@H]3F)nc2n1. The summed E-state index contributed by atoms with van der Waals surface area (Å²) in [6, 6.07) is 19.1. The molecule has 1 fully saturated rings. The van der Waals surface area contributed by atoms with Crippen molar-refractivity contribution >= 4 is 29.3 Å². The summed E-state index contributed by atoms with van der Waals surface area (Å²) >= 11 is 2.77. The van der Waals surface area contributed by atoms with Gasteiger partial charge in [-0.2, -0.15) is 9.97 Å². The van der Waals surface area contributed by atoms with Gasteiger partial charge in [-0.3, -0.25) is 4.40 Å². The lowest BCUT2D eigenvalue weighted by molar-refractivity contribution is -0.231. The first-order valence-electron chi connectivity index (χ1n) is 11.7. The van der Waals surface area contributed by atoms with Gasteiger partial charge in [-0.05, 0) is 23.6 Å². The van der Waals surface area contributed by atoms with Crippen LogP contribution in [0, 0.1) is 0 Å². The molecule has 1 N–H and O–H groups in total. The van der Waals surface area contributed by atoms with Gasteiger partial charge in [0.1, 0.15) is 17.9 Å². The van der Waals surface area contributed by atoms with Crippen LogP contribution in [0.4, 0.5) is 4.39 Å². The van der Waals surface area contributed by atoms with Crippen LogP contribution in [0.25, 0.3) is 5.78 Å². The van der Waals surface area contributed by atoms with Crippen LogP contribution in [-0.4, -0.2) is 62.0 Å². The highest BCUT2D eigenvalue weighted by molar-refractivity contribution is 7.99. The summed E-state index contributed by atoms with van der Waals surface area (Å²) < 4.78 is 35.4. The topological polar surface area (TPSA) is 91.0 Å². The molecule has 1 aliphatic heterocycles. The van der Waals surface area contributed by atoms with Crippen molar-refractivity contribution in [1.29, 1.82) is 0 Å². The number of fused-ring (bicyclic) bond motifs is 1. The van der Waals surface area contributed by atoms with E-state index in [0.29, 0.717) is 22.7 Å². The number of rotatable bonds is 10. The molecule has 3 heterocycles. The van der Waals surface area contributed by atoms with Crippen LogP contribution < -0.4 is 0 Å². The Morgan fingerprint density at radius 3 is 2.30 bits per heavy atom. The monoisotopic (exact) mass is 542 g/mol.